The van der Waals surface area contributed by atoms with Crippen molar-refractivity contribution in [1.29, 1.82) is 0 Å². The number of urea groups is 1. The lowest BCUT2D eigenvalue weighted by molar-refractivity contribution is 0.208. The molecule has 7 heteroatoms. The van der Waals surface area contributed by atoms with Gasteiger partial charge in [0.2, 0.25) is 0 Å². The second kappa shape index (κ2) is 8.61. The quantitative estimate of drug-likeness (QED) is 0.633. The largest absolute Gasteiger partial charge is 0.353 e. The van der Waals surface area contributed by atoms with Crippen molar-refractivity contribution in [1.82, 2.24) is 14.9 Å². The van der Waals surface area contributed by atoms with Gasteiger partial charge < -0.3 is 15.1 Å². The summed E-state index contributed by atoms with van der Waals surface area (Å²) >= 11 is 3.42. The number of aromatic nitrogens is 2. The monoisotopic (exact) mass is 451 g/mol. The fraction of sp³-hybridized carbons (Fsp3) is 0.227. The number of hydrogen-bond acceptors (Lipinski definition) is 4. The molecule has 0 aliphatic carbocycles. The molecule has 2 amide bonds. The van der Waals surface area contributed by atoms with Gasteiger partial charge in [0.15, 0.2) is 0 Å². The van der Waals surface area contributed by atoms with Crippen LogP contribution in [0.25, 0.3) is 11.3 Å². The van der Waals surface area contributed by atoms with Gasteiger partial charge >= 0.3 is 6.03 Å². The third-order valence-corrected chi connectivity index (χ3v) is 5.43. The minimum atomic E-state index is -0.0779. The second-order valence-corrected chi connectivity index (χ2v) is 7.96. The molecule has 0 atom stereocenters. The van der Waals surface area contributed by atoms with E-state index in [2.05, 4.69) is 61.2 Å². The van der Waals surface area contributed by atoms with Crippen LogP contribution < -0.4 is 10.2 Å². The van der Waals surface area contributed by atoms with Gasteiger partial charge in [-0.2, -0.15) is 0 Å². The summed E-state index contributed by atoms with van der Waals surface area (Å²) in [5.41, 5.74) is 3.98. The van der Waals surface area contributed by atoms with Crippen LogP contribution in [0, 0.1) is 6.92 Å². The first kappa shape index (κ1) is 19.4. The molecule has 0 spiro atoms. The predicted molar refractivity (Wildman–Crippen MR) is 119 cm³/mol. The molecule has 0 radical (unpaired) electrons. The second-order valence-electron chi connectivity index (χ2n) is 7.05. The summed E-state index contributed by atoms with van der Waals surface area (Å²) in [6, 6.07) is 17.8. The molecule has 0 saturated carbocycles. The zero-order valence-electron chi connectivity index (χ0n) is 16.2. The number of amides is 2. The Labute approximate surface area is 178 Å². The highest BCUT2D eigenvalue weighted by molar-refractivity contribution is 9.10. The third-order valence-electron chi connectivity index (χ3n) is 4.93. The molecule has 1 aliphatic heterocycles. The van der Waals surface area contributed by atoms with E-state index in [4.69, 9.17) is 0 Å². The highest BCUT2D eigenvalue weighted by Gasteiger charge is 2.22. The Hall–Kier alpha value is -2.93. The highest BCUT2D eigenvalue weighted by Crippen LogP contribution is 2.23. The molecule has 0 bridgehead atoms. The van der Waals surface area contributed by atoms with Gasteiger partial charge in [-0.3, -0.25) is 0 Å². The standard InChI is InChI=1S/C22H22BrN5O/c1-16-4-2-5-17(12-16)20-14-21(25-15-24-20)27-8-10-28(11-9-27)22(29)26-19-7-3-6-18(23)13-19/h2-7,12-15H,8-11H2,1H3,(H,26,29). The van der Waals surface area contributed by atoms with Crippen LogP contribution in [0.2, 0.25) is 0 Å². The predicted octanol–water partition coefficient (Wildman–Crippen LogP) is 4.57. The zero-order valence-corrected chi connectivity index (χ0v) is 17.8. The number of rotatable bonds is 3. The van der Waals surface area contributed by atoms with Gasteiger partial charge in [-0.15, -0.1) is 0 Å². The Kier molecular flexibility index (Phi) is 5.76. The first-order valence-corrected chi connectivity index (χ1v) is 10.3. The van der Waals surface area contributed by atoms with Crippen molar-refractivity contribution in [2.75, 3.05) is 36.4 Å². The number of aryl methyl sites for hydroxylation is 1. The number of hydrogen-bond donors (Lipinski definition) is 1. The van der Waals surface area contributed by atoms with Crippen LogP contribution in [0.4, 0.5) is 16.3 Å². The smallest absolute Gasteiger partial charge is 0.321 e. The lowest BCUT2D eigenvalue weighted by atomic mass is 10.1. The molecule has 6 nitrogen and oxygen atoms in total. The topological polar surface area (TPSA) is 61.4 Å². The van der Waals surface area contributed by atoms with Crippen molar-refractivity contribution < 1.29 is 4.79 Å². The van der Waals surface area contributed by atoms with Crippen LogP contribution in [-0.2, 0) is 0 Å². The summed E-state index contributed by atoms with van der Waals surface area (Å²) in [5.74, 6) is 0.892. The lowest BCUT2D eigenvalue weighted by Gasteiger charge is -2.35. The summed E-state index contributed by atoms with van der Waals surface area (Å²) in [5, 5.41) is 2.96. The third kappa shape index (κ3) is 4.74. The molecule has 1 aliphatic rings. The molecule has 29 heavy (non-hydrogen) atoms. The maximum absolute atomic E-state index is 12.5. The molecular weight excluding hydrogens is 430 g/mol. The molecule has 1 aromatic heterocycles. The van der Waals surface area contributed by atoms with Gasteiger partial charge in [-0.25, -0.2) is 14.8 Å². The first-order chi connectivity index (χ1) is 14.1. The van der Waals surface area contributed by atoms with Gasteiger partial charge in [0.25, 0.3) is 0 Å². The minimum Gasteiger partial charge on any atom is -0.353 e. The van der Waals surface area contributed by atoms with Crippen LogP contribution in [0.3, 0.4) is 0 Å². The molecule has 2 aromatic carbocycles. The highest BCUT2D eigenvalue weighted by atomic mass is 79.9. The molecule has 148 valence electrons. The normalized spacial score (nSPS) is 14.0. The van der Waals surface area contributed by atoms with Crippen molar-refractivity contribution in [2.24, 2.45) is 0 Å². The number of nitrogens with zero attached hydrogens (tertiary/aromatic N) is 4. The van der Waals surface area contributed by atoms with Crippen LogP contribution in [0.5, 0.6) is 0 Å². The van der Waals surface area contributed by atoms with E-state index in [0.29, 0.717) is 13.1 Å². The SMILES string of the molecule is Cc1cccc(-c2cc(N3CCN(C(=O)Nc4cccc(Br)c4)CC3)ncn2)c1. The molecule has 3 aromatic rings. The van der Waals surface area contributed by atoms with Gasteiger partial charge in [0, 0.05) is 48.0 Å². The van der Waals surface area contributed by atoms with Gasteiger partial charge in [-0.05, 0) is 31.2 Å². The van der Waals surface area contributed by atoms with E-state index in [1.807, 2.05) is 41.3 Å². The molecule has 1 fully saturated rings. The Balaban J connectivity index is 1.39. The van der Waals surface area contributed by atoms with Crippen LogP contribution >= 0.6 is 15.9 Å². The molecule has 1 N–H and O–H groups in total. The van der Waals surface area contributed by atoms with Crippen LogP contribution in [-0.4, -0.2) is 47.1 Å². The van der Waals surface area contributed by atoms with Crippen LogP contribution in [0.15, 0.2) is 65.4 Å². The number of nitrogens with one attached hydrogen (secondary N) is 1. The summed E-state index contributed by atoms with van der Waals surface area (Å²) in [6.45, 7) is 4.82. The average molecular weight is 452 g/mol. The van der Waals surface area contributed by atoms with Crippen molar-refractivity contribution >= 4 is 33.5 Å². The fourth-order valence-electron chi connectivity index (χ4n) is 3.39. The van der Waals surface area contributed by atoms with Crippen LogP contribution in [0.1, 0.15) is 5.56 Å². The Morgan fingerprint density at radius 2 is 1.79 bits per heavy atom. The molecule has 1 saturated heterocycles. The summed E-state index contributed by atoms with van der Waals surface area (Å²) in [4.78, 5) is 25.5. The number of halogens is 1. The first-order valence-electron chi connectivity index (χ1n) is 9.54. The summed E-state index contributed by atoms with van der Waals surface area (Å²) in [7, 11) is 0. The van der Waals surface area contributed by atoms with Gasteiger partial charge in [0.05, 0.1) is 5.69 Å². The Morgan fingerprint density at radius 3 is 2.55 bits per heavy atom. The lowest BCUT2D eigenvalue weighted by Crippen LogP contribution is -2.50. The molecule has 0 unspecified atom stereocenters. The van der Waals surface area contributed by atoms with E-state index in [-0.39, 0.29) is 6.03 Å². The fourth-order valence-corrected chi connectivity index (χ4v) is 3.79. The number of benzene rings is 2. The maximum Gasteiger partial charge on any atom is 0.321 e. The van der Waals surface area contributed by atoms with E-state index < -0.39 is 0 Å². The van der Waals surface area contributed by atoms with E-state index >= 15 is 0 Å². The maximum atomic E-state index is 12.5. The average Bonchev–Trinajstić information content (AvgIpc) is 2.74. The number of carbonyl (C=O) groups excluding carboxylic acids is 1. The zero-order chi connectivity index (χ0) is 20.2. The van der Waals surface area contributed by atoms with E-state index in [1.165, 1.54) is 5.56 Å². The van der Waals surface area contributed by atoms with E-state index in [9.17, 15) is 4.79 Å². The van der Waals surface area contributed by atoms with Gasteiger partial charge in [0.1, 0.15) is 12.1 Å². The number of carbonyl (C=O) groups is 1. The van der Waals surface area contributed by atoms with Crippen molar-refractivity contribution in [2.45, 2.75) is 6.92 Å². The minimum absolute atomic E-state index is 0.0779. The van der Waals surface area contributed by atoms with E-state index in [1.54, 1.807) is 6.33 Å². The Bertz CT molecular complexity index is 1020. The molecular formula is C22H22BrN5O. The molecule has 2 heterocycles. The van der Waals surface area contributed by atoms with Crippen molar-refractivity contribution in [3.8, 4) is 11.3 Å². The number of anilines is 2. The van der Waals surface area contributed by atoms with E-state index in [0.717, 1.165) is 40.3 Å². The van der Waals surface area contributed by atoms with Gasteiger partial charge in [-0.1, -0.05) is 45.8 Å². The van der Waals surface area contributed by atoms with Crippen molar-refractivity contribution in [3.63, 3.8) is 0 Å². The summed E-state index contributed by atoms with van der Waals surface area (Å²) in [6.07, 6.45) is 1.61. The van der Waals surface area contributed by atoms with Crippen molar-refractivity contribution in [3.05, 3.63) is 71.0 Å². The summed E-state index contributed by atoms with van der Waals surface area (Å²) < 4.78 is 0.938. The Morgan fingerprint density at radius 1 is 1.00 bits per heavy atom. The molecule has 4 rings (SSSR count). The number of piperazine rings is 1.